The van der Waals surface area contributed by atoms with Crippen LogP contribution in [0.2, 0.25) is 0 Å². The number of hydrogen-bond donors (Lipinski definition) is 1. The molecule has 1 aromatic rings. The first-order valence-corrected chi connectivity index (χ1v) is 6.73. The van der Waals surface area contributed by atoms with Gasteiger partial charge in [-0.25, -0.2) is 0 Å². The number of rotatable bonds is 4. The van der Waals surface area contributed by atoms with E-state index in [1.165, 1.54) is 18.4 Å². The van der Waals surface area contributed by atoms with E-state index in [1.54, 1.807) is 0 Å². The molecule has 0 amide bonds. The molecule has 0 aliphatic heterocycles. The van der Waals surface area contributed by atoms with E-state index in [-0.39, 0.29) is 0 Å². The second kappa shape index (κ2) is 4.96. The summed E-state index contributed by atoms with van der Waals surface area (Å²) >= 11 is 0. The normalized spacial score (nSPS) is 28.5. The molecule has 3 atom stereocenters. The SMILES string of the molecule is N#Cc1cccc(CNCC2CC3C=CC2C3)c1. The average Bonchev–Trinajstić information content (AvgIpc) is 3.01. The molecule has 1 saturated carbocycles. The predicted octanol–water partition coefficient (Wildman–Crippen LogP) is 2.86. The number of nitrogens with zero attached hydrogens (tertiary/aromatic N) is 1. The first-order valence-electron chi connectivity index (χ1n) is 6.73. The number of allylic oxidation sites excluding steroid dienone is 2. The Morgan fingerprint density at radius 3 is 2.94 bits per heavy atom. The Hall–Kier alpha value is -1.59. The first kappa shape index (κ1) is 11.5. The van der Waals surface area contributed by atoms with Gasteiger partial charge in [-0.05, 0) is 54.8 Å². The maximum absolute atomic E-state index is 8.85. The molecule has 3 unspecified atom stereocenters. The van der Waals surface area contributed by atoms with E-state index in [1.807, 2.05) is 18.2 Å². The van der Waals surface area contributed by atoms with Crippen molar-refractivity contribution in [1.82, 2.24) is 5.32 Å². The number of nitriles is 1. The summed E-state index contributed by atoms with van der Waals surface area (Å²) in [4.78, 5) is 0. The molecule has 2 heteroatoms. The Bertz CT molecular complexity index is 498. The van der Waals surface area contributed by atoms with Crippen LogP contribution in [-0.4, -0.2) is 6.54 Å². The molecule has 3 rings (SSSR count). The molecule has 0 radical (unpaired) electrons. The fourth-order valence-corrected chi connectivity index (χ4v) is 3.28. The van der Waals surface area contributed by atoms with Crippen LogP contribution in [0.1, 0.15) is 24.0 Å². The number of nitrogens with one attached hydrogen (secondary N) is 1. The lowest BCUT2D eigenvalue weighted by Crippen LogP contribution is -2.25. The molecule has 92 valence electrons. The third-order valence-electron chi connectivity index (χ3n) is 4.21. The van der Waals surface area contributed by atoms with Gasteiger partial charge < -0.3 is 5.32 Å². The van der Waals surface area contributed by atoms with Crippen molar-refractivity contribution in [3.05, 3.63) is 47.5 Å². The topological polar surface area (TPSA) is 35.8 Å². The minimum absolute atomic E-state index is 0.747. The molecule has 2 nitrogen and oxygen atoms in total. The van der Waals surface area contributed by atoms with E-state index in [4.69, 9.17) is 5.26 Å². The van der Waals surface area contributed by atoms with E-state index >= 15 is 0 Å². The minimum atomic E-state index is 0.747. The zero-order chi connectivity index (χ0) is 12.4. The number of hydrogen-bond acceptors (Lipinski definition) is 2. The van der Waals surface area contributed by atoms with Gasteiger partial charge in [-0.2, -0.15) is 5.26 Å². The van der Waals surface area contributed by atoms with Gasteiger partial charge in [0, 0.05) is 6.54 Å². The maximum atomic E-state index is 8.85. The van der Waals surface area contributed by atoms with Crippen LogP contribution in [-0.2, 0) is 6.54 Å². The molecule has 18 heavy (non-hydrogen) atoms. The van der Waals surface area contributed by atoms with Crippen molar-refractivity contribution in [3.8, 4) is 6.07 Å². The quantitative estimate of drug-likeness (QED) is 0.819. The Morgan fingerprint density at radius 1 is 1.28 bits per heavy atom. The van der Waals surface area contributed by atoms with Crippen LogP contribution in [0.3, 0.4) is 0 Å². The van der Waals surface area contributed by atoms with Crippen molar-refractivity contribution in [2.24, 2.45) is 17.8 Å². The highest BCUT2D eigenvalue weighted by Crippen LogP contribution is 2.42. The van der Waals surface area contributed by atoms with Gasteiger partial charge in [0.15, 0.2) is 0 Å². The maximum Gasteiger partial charge on any atom is 0.0991 e. The largest absolute Gasteiger partial charge is 0.312 e. The fraction of sp³-hybridized carbons (Fsp3) is 0.438. The lowest BCUT2D eigenvalue weighted by Gasteiger charge is -2.18. The van der Waals surface area contributed by atoms with Crippen molar-refractivity contribution < 1.29 is 0 Å². The molecule has 1 N–H and O–H groups in total. The highest BCUT2D eigenvalue weighted by molar-refractivity contribution is 5.32. The molecule has 0 heterocycles. The Morgan fingerprint density at radius 2 is 2.22 bits per heavy atom. The van der Waals surface area contributed by atoms with Gasteiger partial charge in [-0.3, -0.25) is 0 Å². The highest BCUT2D eigenvalue weighted by Gasteiger charge is 2.34. The monoisotopic (exact) mass is 238 g/mol. The van der Waals surface area contributed by atoms with Crippen LogP contribution in [0.4, 0.5) is 0 Å². The first-order chi connectivity index (χ1) is 8.85. The van der Waals surface area contributed by atoms with Gasteiger partial charge in [0.2, 0.25) is 0 Å². The van der Waals surface area contributed by atoms with Crippen LogP contribution < -0.4 is 5.32 Å². The van der Waals surface area contributed by atoms with Gasteiger partial charge in [0.1, 0.15) is 0 Å². The Kier molecular flexibility index (Phi) is 3.17. The van der Waals surface area contributed by atoms with Crippen molar-refractivity contribution in [1.29, 1.82) is 5.26 Å². The highest BCUT2D eigenvalue weighted by atomic mass is 14.9. The minimum Gasteiger partial charge on any atom is -0.312 e. The second-order valence-electron chi connectivity index (χ2n) is 5.48. The van der Waals surface area contributed by atoms with Gasteiger partial charge in [-0.1, -0.05) is 24.3 Å². The molecule has 0 saturated heterocycles. The molecule has 1 fully saturated rings. The fourth-order valence-electron chi connectivity index (χ4n) is 3.28. The summed E-state index contributed by atoms with van der Waals surface area (Å²) in [5.41, 5.74) is 1.95. The van der Waals surface area contributed by atoms with Crippen LogP contribution >= 0.6 is 0 Å². The van der Waals surface area contributed by atoms with Crippen LogP contribution in [0.5, 0.6) is 0 Å². The summed E-state index contributed by atoms with van der Waals surface area (Å²) in [5.74, 6) is 2.48. The van der Waals surface area contributed by atoms with Crippen molar-refractivity contribution in [2.75, 3.05) is 6.54 Å². The van der Waals surface area contributed by atoms with Crippen LogP contribution in [0, 0.1) is 29.1 Å². The van der Waals surface area contributed by atoms with Gasteiger partial charge in [0.05, 0.1) is 11.6 Å². The van der Waals surface area contributed by atoms with E-state index in [9.17, 15) is 0 Å². The van der Waals surface area contributed by atoms with Crippen LogP contribution in [0.15, 0.2) is 36.4 Å². The molecule has 2 aliphatic carbocycles. The van der Waals surface area contributed by atoms with Crippen LogP contribution in [0.25, 0.3) is 0 Å². The molecular formula is C16H18N2. The smallest absolute Gasteiger partial charge is 0.0991 e. The summed E-state index contributed by atoms with van der Waals surface area (Å²) in [5, 5.41) is 12.4. The summed E-state index contributed by atoms with van der Waals surface area (Å²) in [6.07, 6.45) is 7.51. The van der Waals surface area contributed by atoms with Gasteiger partial charge >= 0.3 is 0 Å². The summed E-state index contributed by atoms with van der Waals surface area (Å²) in [6, 6.07) is 10.0. The van der Waals surface area contributed by atoms with Crippen molar-refractivity contribution in [3.63, 3.8) is 0 Å². The summed E-state index contributed by atoms with van der Waals surface area (Å²) < 4.78 is 0. The zero-order valence-electron chi connectivity index (χ0n) is 10.5. The van der Waals surface area contributed by atoms with E-state index in [0.29, 0.717) is 0 Å². The van der Waals surface area contributed by atoms with Crippen molar-refractivity contribution >= 4 is 0 Å². The molecule has 0 aromatic heterocycles. The number of fused-ring (bicyclic) bond motifs is 2. The molecular weight excluding hydrogens is 220 g/mol. The summed E-state index contributed by atoms with van der Waals surface area (Å²) in [6.45, 7) is 1.97. The lowest BCUT2D eigenvalue weighted by molar-refractivity contribution is 0.414. The standard InChI is InChI=1S/C16H18N2/c17-9-13-2-1-3-14(6-13)10-18-11-16-8-12-4-5-15(16)7-12/h1-6,12,15-16,18H,7-8,10-11H2. The number of benzene rings is 1. The lowest BCUT2D eigenvalue weighted by atomic mass is 9.93. The average molecular weight is 238 g/mol. The predicted molar refractivity (Wildman–Crippen MR) is 71.7 cm³/mol. The molecule has 1 aromatic carbocycles. The van der Waals surface area contributed by atoms with E-state index in [0.717, 1.165) is 36.4 Å². The van der Waals surface area contributed by atoms with E-state index < -0.39 is 0 Å². The Labute approximate surface area is 108 Å². The van der Waals surface area contributed by atoms with Gasteiger partial charge in [0.25, 0.3) is 0 Å². The third-order valence-corrected chi connectivity index (χ3v) is 4.21. The third kappa shape index (κ3) is 2.32. The molecule has 0 spiro atoms. The molecule has 2 aliphatic rings. The summed E-state index contributed by atoms with van der Waals surface area (Å²) in [7, 11) is 0. The molecule has 2 bridgehead atoms. The zero-order valence-corrected chi connectivity index (χ0v) is 10.5. The Balaban J connectivity index is 1.50. The van der Waals surface area contributed by atoms with Crippen molar-refractivity contribution in [2.45, 2.75) is 19.4 Å². The van der Waals surface area contributed by atoms with E-state index in [2.05, 4.69) is 29.6 Å². The second-order valence-corrected chi connectivity index (χ2v) is 5.48. The van der Waals surface area contributed by atoms with Gasteiger partial charge in [-0.15, -0.1) is 0 Å².